The lowest BCUT2D eigenvalue weighted by atomic mass is 10.0. The topological polar surface area (TPSA) is 26.0 Å². The highest BCUT2D eigenvalue weighted by atomic mass is 19.1. The van der Waals surface area contributed by atoms with Crippen LogP contribution in [-0.2, 0) is 6.42 Å². The molecule has 3 heteroatoms. The smallest absolute Gasteiger partial charge is 0.126 e. The molecule has 1 rings (SSSR count). The zero-order chi connectivity index (χ0) is 9.84. The quantitative estimate of drug-likeness (QED) is 0.766. The van der Waals surface area contributed by atoms with E-state index in [1.54, 1.807) is 18.2 Å². The van der Waals surface area contributed by atoms with Crippen molar-refractivity contribution in [3.63, 3.8) is 0 Å². The molecule has 0 saturated carbocycles. The summed E-state index contributed by atoms with van der Waals surface area (Å²) in [5, 5.41) is 0. The summed E-state index contributed by atoms with van der Waals surface area (Å²) in [6.45, 7) is 1.38. The largest absolute Gasteiger partial charge is 0.325 e. The molecule has 0 heterocycles. The highest BCUT2D eigenvalue weighted by molar-refractivity contribution is 5.18. The van der Waals surface area contributed by atoms with Crippen LogP contribution in [0, 0.1) is 5.82 Å². The monoisotopic (exact) mass is 185 g/mol. The molecule has 2 N–H and O–H groups in total. The average Bonchev–Trinajstić information content (AvgIpc) is 2.08. The molecule has 0 aliphatic rings. The third-order valence-electron chi connectivity index (χ3n) is 2.00. The minimum atomic E-state index is -1.11. The van der Waals surface area contributed by atoms with Gasteiger partial charge in [0.2, 0.25) is 0 Å². The van der Waals surface area contributed by atoms with E-state index in [-0.39, 0.29) is 12.2 Å². The summed E-state index contributed by atoms with van der Waals surface area (Å²) < 4.78 is 25.7. The third kappa shape index (κ3) is 2.77. The van der Waals surface area contributed by atoms with E-state index >= 15 is 0 Å². The van der Waals surface area contributed by atoms with Crippen LogP contribution in [0.3, 0.4) is 0 Å². The van der Waals surface area contributed by atoms with Gasteiger partial charge in [0.25, 0.3) is 0 Å². The van der Waals surface area contributed by atoms with Crippen molar-refractivity contribution < 1.29 is 8.78 Å². The minimum Gasteiger partial charge on any atom is -0.325 e. The maximum absolute atomic E-state index is 13.0. The second-order valence-corrected chi connectivity index (χ2v) is 3.14. The van der Waals surface area contributed by atoms with E-state index in [9.17, 15) is 8.78 Å². The Hall–Kier alpha value is -0.960. The van der Waals surface area contributed by atoms with Gasteiger partial charge in [-0.3, -0.25) is 0 Å². The van der Waals surface area contributed by atoms with Crippen LogP contribution in [0.25, 0.3) is 0 Å². The zero-order valence-corrected chi connectivity index (χ0v) is 7.50. The lowest BCUT2D eigenvalue weighted by Crippen LogP contribution is -2.32. The Morgan fingerprint density at radius 1 is 1.38 bits per heavy atom. The molecule has 0 aliphatic heterocycles. The number of benzene rings is 1. The van der Waals surface area contributed by atoms with Crippen LogP contribution in [-0.4, -0.2) is 12.2 Å². The first-order valence-electron chi connectivity index (χ1n) is 4.24. The predicted octanol–water partition coefficient (Wildman–Crippen LogP) is 2.05. The molecule has 0 amide bonds. The average molecular weight is 185 g/mol. The summed E-state index contributed by atoms with van der Waals surface area (Å²) in [7, 11) is 0. The van der Waals surface area contributed by atoms with Gasteiger partial charge in [0, 0.05) is 6.04 Å². The van der Waals surface area contributed by atoms with E-state index < -0.39 is 12.2 Å². The van der Waals surface area contributed by atoms with Crippen LogP contribution in [0.2, 0.25) is 0 Å². The van der Waals surface area contributed by atoms with Gasteiger partial charge >= 0.3 is 0 Å². The van der Waals surface area contributed by atoms with Gasteiger partial charge in [0.1, 0.15) is 12.0 Å². The van der Waals surface area contributed by atoms with Crippen molar-refractivity contribution in [3.8, 4) is 0 Å². The summed E-state index contributed by atoms with van der Waals surface area (Å²) in [5.74, 6) is -0.321. The fraction of sp³-hybridized carbons (Fsp3) is 0.400. The first-order chi connectivity index (χ1) is 6.11. The zero-order valence-electron chi connectivity index (χ0n) is 7.50. The summed E-state index contributed by atoms with van der Waals surface area (Å²) in [4.78, 5) is 0. The standard InChI is InChI=1S/C10H13F2N/c1-7(11)10(13)6-8-4-2-3-5-9(8)12/h2-5,7,10H,6,13H2,1H3. The summed E-state index contributed by atoms with van der Waals surface area (Å²) in [6.07, 6.45) is -0.871. The van der Waals surface area contributed by atoms with Crippen LogP contribution in [0.15, 0.2) is 24.3 Å². The van der Waals surface area contributed by atoms with Crippen LogP contribution in [0.5, 0.6) is 0 Å². The van der Waals surface area contributed by atoms with Gasteiger partial charge in [0.05, 0.1) is 0 Å². The molecule has 1 nitrogen and oxygen atoms in total. The lowest BCUT2D eigenvalue weighted by molar-refractivity contribution is 0.302. The fourth-order valence-electron chi connectivity index (χ4n) is 1.08. The molecule has 1 aromatic carbocycles. The van der Waals surface area contributed by atoms with Gasteiger partial charge in [-0.1, -0.05) is 18.2 Å². The Kier molecular flexibility index (Phi) is 3.37. The Balaban J connectivity index is 2.69. The normalized spacial score (nSPS) is 15.4. The third-order valence-corrected chi connectivity index (χ3v) is 2.00. The number of halogens is 2. The molecule has 0 fully saturated rings. The second-order valence-electron chi connectivity index (χ2n) is 3.14. The molecule has 72 valence electrons. The van der Waals surface area contributed by atoms with Crippen molar-refractivity contribution in [2.45, 2.75) is 25.6 Å². The molecule has 1 aromatic rings. The first kappa shape index (κ1) is 10.1. The number of hydrogen-bond donors (Lipinski definition) is 1. The number of hydrogen-bond acceptors (Lipinski definition) is 1. The van der Waals surface area contributed by atoms with E-state index in [0.29, 0.717) is 5.56 Å². The van der Waals surface area contributed by atoms with Crippen molar-refractivity contribution in [1.29, 1.82) is 0 Å². The van der Waals surface area contributed by atoms with Gasteiger partial charge in [-0.15, -0.1) is 0 Å². The van der Waals surface area contributed by atoms with Crippen LogP contribution < -0.4 is 5.73 Å². The Morgan fingerprint density at radius 3 is 2.54 bits per heavy atom. The van der Waals surface area contributed by atoms with Gasteiger partial charge in [0.15, 0.2) is 0 Å². The molecule has 0 spiro atoms. The molecule has 0 aliphatic carbocycles. The molecule has 0 aromatic heterocycles. The molecule has 13 heavy (non-hydrogen) atoms. The minimum absolute atomic E-state index is 0.240. The number of rotatable bonds is 3. The van der Waals surface area contributed by atoms with Gasteiger partial charge in [-0.2, -0.15) is 0 Å². The van der Waals surface area contributed by atoms with Gasteiger partial charge in [-0.05, 0) is 25.0 Å². The van der Waals surface area contributed by atoms with E-state index in [4.69, 9.17) is 5.73 Å². The van der Waals surface area contributed by atoms with E-state index in [0.717, 1.165) is 0 Å². The molecular weight excluding hydrogens is 172 g/mol. The van der Waals surface area contributed by atoms with Crippen molar-refractivity contribution in [3.05, 3.63) is 35.6 Å². The lowest BCUT2D eigenvalue weighted by Gasteiger charge is -2.12. The molecular formula is C10H13F2N. The summed E-state index contributed by atoms with van der Waals surface area (Å²) in [6, 6.07) is 5.66. The maximum Gasteiger partial charge on any atom is 0.126 e. The predicted molar refractivity (Wildman–Crippen MR) is 48.6 cm³/mol. The molecule has 0 saturated heterocycles. The molecule has 2 unspecified atom stereocenters. The summed E-state index contributed by atoms with van der Waals surface area (Å²) in [5.41, 5.74) is 5.95. The van der Waals surface area contributed by atoms with Crippen LogP contribution in [0.1, 0.15) is 12.5 Å². The fourth-order valence-corrected chi connectivity index (χ4v) is 1.08. The van der Waals surface area contributed by atoms with Crippen molar-refractivity contribution in [1.82, 2.24) is 0 Å². The molecule has 0 radical (unpaired) electrons. The first-order valence-corrected chi connectivity index (χ1v) is 4.24. The van der Waals surface area contributed by atoms with E-state index in [1.165, 1.54) is 13.0 Å². The van der Waals surface area contributed by atoms with Crippen molar-refractivity contribution >= 4 is 0 Å². The number of alkyl halides is 1. The van der Waals surface area contributed by atoms with Gasteiger partial charge < -0.3 is 5.73 Å². The van der Waals surface area contributed by atoms with Crippen LogP contribution >= 0.6 is 0 Å². The van der Waals surface area contributed by atoms with Crippen molar-refractivity contribution in [2.24, 2.45) is 5.73 Å². The number of nitrogens with two attached hydrogens (primary N) is 1. The van der Waals surface area contributed by atoms with Gasteiger partial charge in [-0.25, -0.2) is 8.78 Å². The molecule has 2 atom stereocenters. The Bertz CT molecular complexity index is 273. The second kappa shape index (κ2) is 4.33. The van der Waals surface area contributed by atoms with E-state index in [2.05, 4.69) is 0 Å². The molecule has 0 bridgehead atoms. The van der Waals surface area contributed by atoms with E-state index in [1.807, 2.05) is 0 Å². The highest BCUT2D eigenvalue weighted by Gasteiger charge is 2.13. The SMILES string of the molecule is CC(F)C(N)Cc1ccccc1F. The van der Waals surface area contributed by atoms with Crippen molar-refractivity contribution in [2.75, 3.05) is 0 Å². The van der Waals surface area contributed by atoms with Crippen LogP contribution in [0.4, 0.5) is 8.78 Å². The maximum atomic E-state index is 13.0. The highest BCUT2D eigenvalue weighted by Crippen LogP contribution is 2.10. The Morgan fingerprint density at radius 2 is 2.00 bits per heavy atom. The summed E-state index contributed by atoms with van der Waals surface area (Å²) >= 11 is 0. The Labute approximate surface area is 76.6 Å².